The molecule has 7 heteroatoms. The van der Waals surface area contributed by atoms with Gasteiger partial charge in [0.2, 0.25) is 0 Å². The molecular formula is C17H16FN3O2S. The lowest BCUT2D eigenvalue weighted by Gasteiger charge is -2.17. The average Bonchev–Trinajstić information content (AvgIpc) is 2.55. The van der Waals surface area contributed by atoms with E-state index in [4.69, 9.17) is 0 Å². The molecule has 124 valence electrons. The molecule has 0 bridgehead atoms. The van der Waals surface area contributed by atoms with Crippen molar-refractivity contribution >= 4 is 32.3 Å². The zero-order valence-electron chi connectivity index (χ0n) is 13.2. The standard InChI is InChI=1S/C17H16FN3O2S/c1-21(2)15-7-3-6-14-13(15)5-4-8-16(14)24(22,23)20-17-10-9-12(18)11-19-17/h3-11H,1-2H3,(H,19,20). The van der Waals surface area contributed by atoms with E-state index in [2.05, 4.69) is 9.71 Å². The highest BCUT2D eigenvalue weighted by molar-refractivity contribution is 7.93. The van der Waals surface area contributed by atoms with Gasteiger partial charge in [0, 0.05) is 30.6 Å². The summed E-state index contributed by atoms with van der Waals surface area (Å²) in [5.74, 6) is -0.462. The average molecular weight is 345 g/mol. The van der Waals surface area contributed by atoms with Crippen molar-refractivity contribution in [3.05, 3.63) is 60.5 Å². The van der Waals surface area contributed by atoms with E-state index in [-0.39, 0.29) is 10.7 Å². The molecule has 5 nitrogen and oxygen atoms in total. The number of nitrogens with zero attached hydrogens (tertiary/aromatic N) is 2. The molecule has 3 rings (SSSR count). The molecule has 0 saturated carbocycles. The molecule has 0 aliphatic rings. The number of sulfonamides is 1. The molecule has 1 heterocycles. The molecule has 3 aromatic rings. The Morgan fingerprint density at radius 1 is 1.00 bits per heavy atom. The maximum Gasteiger partial charge on any atom is 0.263 e. The van der Waals surface area contributed by atoms with E-state index in [1.807, 2.05) is 37.2 Å². The monoisotopic (exact) mass is 345 g/mol. The first kappa shape index (κ1) is 16.2. The third-order valence-electron chi connectivity index (χ3n) is 3.60. The van der Waals surface area contributed by atoms with Gasteiger partial charge in [0.15, 0.2) is 0 Å². The quantitative estimate of drug-likeness (QED) is 0.788. The Kier molecular flexibility index (Phi) is 4.11. The molecule has 0 atom stereocenters. The van der Waals surface area contributed by atoms with Crippen molar-refractivity contribution < 1.29 is 12.8 Å². The minimum atomic E-state index is -3.85. The molecule has 2 aromatic carbocycles. The van der Waals surface area contributed by atoms with Crippen LogP contribution in [0.4, 0.5) is 15.9 Å². The van der Waals surface area contributed by atoms with Crippen LogP contribution in [0.1, 0.15) is 0 Å². The molecule has 1 aromatic heterocycles. The van der Waals surface area contributed by atoms with Crippen LogP contribution in [-0.4, -0.2) is 27.5 Å². The highest BCUT2D eigenvalue weighted by atomic mass is 32.2. The molecule has 0 unspecified atom stereocenters. The molecule has 0 spiro atoms. The second-order valence-electron chi connectivity index (χ2n) is 5.49. The van der Waals surface area contributed by atoms with E-state index in [0.717, 1.165) is 23.3 Å². The van der Waals surface area contributed by atoms with Gasteiger partial charge in [0.25, 0.3) is 10.0 Å². The van der Waals surface area contributed by atoms with Crippen LogP contribution in [0.15, 0.2) is 59.6 Å². The Labute approximate surface area is 139 Å². The summed E-state index contributed by atoms with van der Waals surface area (Å²) in [6, 6.07) is 13.0. The van der Waals surface area contributed by atoms with E-state index in [0.29, 0.717) is 5.39 Å². The first-order chi connectivity index (χ1) is 11.4. The number of benzene rings is 2. The summed E-state index contributed by atoms with van der Waals surface area (Å²) in [5, 5.41) is 1.44. The molecule has 0 radical (unpaired) electrons. The Morgan fingerprint density at radius 3 is 2.38 bits per heavy atom. The van der Waals surface area contributed by atoms with Gasteiger partial charge in [-0.15, -0.1) is 0 Å². The topological polar surface area (TPSA) is 62.3 Å². The van der Waals surface area contributed by atoms with Gasteiger partial charge in [0.05, 0.1) is 11.1 Å². The fourth-order valence-electron chi connectivity index (χ4n) is 2.52. The number of rotatable bonds is 4. The zero-order chi connectivity index (χ0) is 17.3. The van der Waals surface area contributed by atoms with Gasteiger partial charge in [-0.3, -0.25) is 4.72 Å². The van der Waals surface area contributed by atoms with Crippen LogP contribution in [0.5, 0.6) is 0 Å². The van der Waals surface area contributed by atoms with Crippen molar-refractivity contribution in [2.24, 2.45) is 0 Å². The Hall–Kier alpha value is -2.67. The van der Waals surface area contributed by atoms with Gasteiger partial charge in [-0.25, -0.2) is 17.8 Å². The van der Waals surface area contributed by atoms with Gasteiger partial charge >= 0.3 is 0 Å². The number of pyridine rings is 1. The molecular weight excluding hydrogens is 329 g/mol. The van der Waals surface area contributed by atoms with Crippen molar-refractivity contribution in [3.63, 3.8) is 0 Å². The number of nitrogens with one attached hydrogen (secondary N) is 1. The van der Waals surface area contributed by atoms with Crippen LogP contribution in [0.25, 0.3) is 10.8 Å². The van der Waals surface area contributed by atoms with Crippen molar-refractivity contribution in [2.45, 2.75) is 4.90 Å². The Morgan fingerprint density at radius 2 is 1.71 bits per heavy atom. The number of aromatic nitrogens is 1. The molecule has 0 aliphatic heterocycles. The van der Waals surface area contributed by atoms with Crippen molar-refractivity contribution in [1.82, 2.24) is 4.98 Å². The third kappa shape index (κ3) is 3.03. The minimum Gasteiger partial charge on any atom is -0.377 e. The normalized spacial score (nSPS) is 11.5. The van der Waals surface area contributed by atoms with Crippen LogP contribution in [0.2, 0.25) is 0 Å². The van der Waals surface area contributed by atoms with E-state index in [9.17, 15) is 12.8 Å². The highest BCUT2D eigenvalue weighted by Crippen LogP contribution is 2.30. The largest absolute Gasteiger partial charge is 0.377 e. The second-order valence-corrected chi connectivity index (χ2v) is 7.14. The summed E-state index contributed by atoms with van der Waals surface area (Å²) < 4.78 is 40.8. The minimum absolute atomic E-state index is 0.0668. The van der Waals surface area contributed by atoms with Crippen molar-refractivity contribution in [3.8, 4) is 0 Å². The van der Waals surface area contributed by atoms with Crippen molar-refractivity contribution in [2.75, 3.05) is 23.7 Å². The summed E-state index contributed by atoms with van der Waals surface area (Å²) in [6.07, 6.45) is 0.963. The van der Waals surface area contributed by atoms with Gasteiger partial charge in [-0.1, -0.05) is 24.3 Å². The molecule has 0 aliphatic carbocycles. The lowest BCUT2D eigenvalue weighted by atomic mass is 10.1. The molecule has 24 heavy (non-hydrogen) atoms. The fraction of sp³-hybridized carbons (Fsp3) is 0.118. The number of fused-ring (bicyclic) bond motifs is 1. The predicted octanol–water partition coefficient (Wildman–Crippen LogP) is 3.24. The first-order valence-electron chi connectivity index (χ1n) is 7.22. The van der Waals surface area contributed by atoms with Crippen LogP contribution in [0, 0.1) is 5.82 Å². The highest BCUT2D eigenvalue weighted by Gasteiger charge is 2.19. The van der Waals surface area contributed by atoms with E-state index >= 15 is 0 Å². The van der Waals surface area contributed by atoms with Crippen LogP contribution < -0.4 is 9.62 Å². The van der Waals surface area contributed by atoms with Gasteiger partial charge < -0.3 is 4.90 Å². The molecule has 1 N–H and O–H groups in total. The SMILES string of the molecule is CN(C)c1cccc2c(S(=O)(=O)Nc3ccc(F)cn3)cccc12. The summed E-state index contributed by atoms with van der Waals surface area (Å²) in [7, 11) is -0.0498. The second kappa shape index (κ2) is 6.09. The third-order valence-corrected chi connectivity index (χ3v) is 5.01. The van der Waals surface area contributed by atoms with Crippen LogP contribution in [-0.2, 0) is 10.0 Å². The number of hydrogen-bond acceptors (Lipinski definition) is 4. The summed E-state index contributed by atoms with van der Waals surface area (Å²) in [5.41, 5.74) is 0.921. The van der Waals surface area contributed by atoms with Crippen molar-refractivity contribution in [1.29, 1.82) is 0 Å². The van der Waals surface area contributed by atoms with E-state index in [1.165, 1.54) is 12.1 Å². The number of anilines is 2. The maximum absolute atomic E-state index is 12.9. The summed E-state index contributed by atoms with van der Waals surface area (Å²) >= 11 is 0. The first-order valence-corrected chi connectivity index (χ1v) is 8.70. The van der Waals surface area contributed by atoms with E-state index < -0.39 is 15.8 Å². The smallest absolute Gasteiger partial charge is 0.263 e. The summed E-state index contributed by atoms with van der Waals surface area (Å²) in [4.78, 5) is 5.81. The van der Waals surface area contributed by atoms with E-state index in [1.54, 1.807) is 12.1 Å². The fourth-order valence-corrected chi connectivity index (χ4v) is 3.75. The van der Waals surface area contributed by atoms with Crippen LogP contribution in [0.3, 0.4) is 0 Å². The summed E-state index contributed by atoms with van der Waals surface area (Å²) in [6.45, 7) is 0. The zero-order valence-corrected chi connectivity index (χ0v) is 14.0. The lowest BCUT2D eigenvalue weighted by molar-refractivity contribution is 0.601. The van der Waals surface area contributed by atoms with Gasteiger partial charge in [0.1, 0.15) is 11.6 Å². The molecule has 0 fully saturated rings. The number of halogens is 1. The molecule has 0 amide bonds. The Bertz CT molecular complexity index is 986. The predicted molar refractivity (Wildman–Crippen MR) is 93.3 cm³/mol. The van der Waals surface area contributed by atoms with Crippen LogP contribution >= 0.6 is 0 Å². The maximum atomic E-state index is 12.9. The lowest BCUT2D eigenvalue weighted by Crippen LogP contribution is -2.15. The molecule has 0 saturated heterocycles. The number of hydrogen-bond donors (Lipinski definition) is 1. The van der Waals surface area contributed by atoms with Gasteiger partial charge in [-0.05, 0) is 24.3 Å². The van der Waals surface area contributed by atoms with Gasteiger partial charge in [-0.2, -0.15) is 0 Å². The Balaban J connectivity index is 2.11.